The summed E-state index contributed by atoms with van der Waals surface area (Å²) in [5.74, 6) is 0.814. The quantitative estimate of drug-likeness (QED) is 0.605. The van der Waals surface area contributed by atoms with Crippen LogP contribution in [0.25, 0.3) is 21.7 Å². The standard InChI is InChI=1S/C17H17F3N4OS2/c18-17(19,20)13-12-15(27-23-13)22-14(11-8-26-9-21-11)24(16(12)25)7-6-10-4-2-1-3-5-10/h8-10H,1-7H2. The molecule has 0 atom stereocenters. The van der Waals surface area contributed by atoms with Gasteiger partial charge in [-0.2, -0.15) is 17.5 Å². The van der Waals surface area contributed by atoms with E-state index < -0.39 is 22.8 Å². The van der Waals surface area contributed by atoms with Gasteiger partial charge in [0.25, 0.3) is 5.56 Å². The first-order valence-corrected chi connectivity index (χ1v) is 10.5. The summed E-state index contributed by atoms with van der Waals surface area (Å²) in [6, 6.07) is 0. The van der Waals surface area contributed by atoms with Gasteiger partial charge in [-0.3, -0.25) is 9.36 Å². The SMILES string of the molecule is O=c1c2c(C(F)(F)F)nsc2nc(-c2cscn2)n1CCC1CCCCC1. The molecule has 0 radical (unpaired) electrons. The molecule has 0 saturated heterocycles. The molecule has 0 aromatic carbocycles. The number of halogens is 3. The van der Waals surface area contributed by atoms with Crippen LogP contribution in [0.3, 0.4) is 0 Å². The van der Waals surface area contributed by atoms with Crippen LogP contribution in [0, 0.1) is 5.92 Å². The molecule has 0 bridgehead atoms. The summed E-state index contributed by atoms with van der Waals surface area (Å²) in [6.07, 6.45) is 1.84. The topological polar surface area (TPSA) is 60.7 Å². The maximum Gasteiger partial charge on any atom is 0.435 e. The molecule has 10 heteroatoms. The van der Waals surface area contributed by atoms with Gasteiger partial charge in [0.15, 0.2) is 16.3 Å². The molecule has 1 aliphatic rings. The van der Waals surface area contributed by atoms with Crippen molar-refractivity contribution in [1.29, 1.82) is 0 Å². The van der Waals surface area contributed by atoms with E-state index >= 15 is 0 Å². The molecule has 5 nitrogen and oxygen atoms in total. The number of aromatic nitrogens is 4. The molecular formula is C17H17F3N4OS2. The Bertz CT molecular complexity index is 988. The van der Waals surface area contributed by atoms with Gasteiger partial charge >= 0.3 is 6.18 Å². The summed E-state index contributed by atoms with van der Waals surface area (Å²) >= 11 is 1.95. The fourth-order valence-electron chi connectivity index (χ4n) is 3.65. The molecule has 27 heavy (non-hydrogen) atoms. The largest absolute Gasteiger partial charge is 0.435 e. The highest BCUT2D eigenvalue weighted by Gasteiger charge is 2.38. The van der Waals surface area contributed by atoms with Gasteiger partial charge < -0.3 is 0 Å². The molecule has 4 rings (SSSR count). The summed E-state index contributed by atoms with van der Waals surface area (Å²) in [4.78, 5) is 21.6. The van der Waals surface area contributed by atoms with Gasteiger partial charge in [-0.1, -0.05) is 32.1 Å². The van der Waals surface area contributed by atoms with Gasteiger partial charge in [0, 0.05) is 11.9 Å². The lowest BCUT2D eigenvalue weighted by Gasteiger charge is -2.22. The van der Waals surface area contributed by atoms with Crippen LogP contribution in [-0.4, -0.2) is 18.9 Å². The Morgan fingerprint density at radius 3 is 2.67 bits per heavy atom. The van der Waals surface area contributed by atoms with Gasteiger partial charge in [-0.05, 0) is 23.9 Å². The fraction of sp³-hybridized carbons (Fsp3) is 0.529. The van der Waals surface area contributed by atoms with Crippen molar-refractivity contribution in [1.82, 2.24) is 18.9 Å². The number of fused-ring (bicyclic) bond motifs is 1. The first-order valence-electron chi connectivity index (χ1n) is 8.81. The molecule has 1 aliphatic carbocycles. The molecule has 3 aromatic heterocycles. The van der Waals surface area contributed by atoms with Gasteiger partial charge in [0.05, 0.1) is 5.51 Å². The van der Waals surface area contributed by atoms with Crippen LogP contribution < -0.4 is 5.56 Å². The smallest absolute Gasteiger partial charge is 0.291 e. The highest BCUT2D eigenvalue weighted by atomic mass is 32.1. The predicted octanol–water partition coefficient (Wildman–Crippen LogP) is 4.97. The summed E-state index contributed by atoms with van der Waals surface area (Å²) in [6.45, 7) is 0.340. The molecule has 0 unspecified atom stereocenters. The van der Waals surface area contributed by atoms with Crippen molar-refractivity contribution in [2.75, 3.05) is 0 Å². The zero-order valence-corrected chi connectivity index (χ0v) is 16.0. The highest BCUT2D eigenvalue weighted by molar-refractivity contribution is 7.13. The number of thiazole rings is 1. The van der Waals surface area contributed by atoms with Crippen LogP contribution in [-0.2, 0) is 12.7 Å². The fourth-order valence-corrected chi connectivity index (χ4v) is 4.95. The van der Waals surface area contributed by atoms with E-state index in [1.165, 1.54) is 35.2 Å². The minimum absolute atomic E-state index is 0.00393. The van der Waals surface area contributed by atoms with Crippen molar-refractivity contribution < 1.29 is 13.2 Å². The minimum Gasteiger partial charge on any atom is -0.291 e. The highest BCUT2D eigenvalue weighted by Crippen LogP contribution is 2.35. The lowest BCUT2D eigenvalue weighted by molar-refractivity contribution is -0.139. The van der Waals surface area contributed by atoms with Gasteiger partial charge in [-0.25, -0.2) is 9.97 Å². The lowest BCUT2D eigenvalue weighted by Crippen LogP contribution is -2.26. The maximum atomic E-state index is 13.3. The monoisotopic (exact) mass is 414 g/mol. The Balaban J connectivity index is 1.81. The van der Waals surface area contributed by atoms with Crippen molar-refractivity contribution in [3.63, 3.8) is 0 Å². The van der Waals surface area contributed by atoms with Crippen LogP contribution in [0.4, 0.5) is 13.2 Å². The van der Waals surface area contributed by atoms with Crippen molar-refractivity contribution in [2.45, 2.75) is 51.2 Å². The summed E-state index contributed by atoms with van der Waals surface area (Å²) in [5.41, 5.74) is 0.297. The van der Waals surface area contributed by atoms with E-state index in [-0.39, 0.29) is 4.83 Å². The lowest BCUT2D eigenvalue weighted by atomic mass is 9.87. The second kappa shape index (κ2) is 7.31. The maximum absolute atomic E-state index is 13.3. The average molecular weight is 414 g/mol. The Labute approximate surface area is 161 Å². The molecule has 0 N–H and O–H groups in total. The van der Waals surface area contributed by atoms with Crippen LogP contribution in [0.2, 0.25) is 0 Å². The van der Waals surface area contributed by atoms with E-state index in [0.717, 1.165) is 19.3 Å². The van der Waals surface area contributed by atoms with E-state index in [0.29, 0.717) is 35.5 Å². The number of nitrogens with zero attached hydrogens (tertiary/aromatic N) is 4. The molecule has 0 aliphatic heterocycles. The molecular weight excluding hydrogens is 397 g/mol. The third-order valence-corrected chi connectivity index (χ3v) is 6.34. The second-order valence-electron chi connectivity index (χ2n) is 6.77. The molecule has 144 valence electrons. The van der Waals surface area contributed by atoms with Crippen LogP contribution in [0.1, 0.15) is 44.2 Å². The Morgan fingerprint density at radius 1 is 1.22 bits per heavy atom. The van der Waals surface area contributed by atoms with Crippen LogP contribution in [0.15, 0.2) is 15.7 Å². The van der Waals surface area contributed by atoms with E-state index in [1.807, 2.05) is 0 Å². The third kappa shape index (κ3) is 3.64. The molecule has 3 aromatic rings. The summed E-state index contributed by atoms with van der Waals surface area (Å²) < 4.78 is 44.6. The van der Waals surface area contributed by atoms with Crippen molar-refractivity contribution >= 4 is 33.1 Å². The van der Waals surface area contributed by atoms with Crippen molar-refractivity contribution in [3.05, 3.63) is 26.9 Å². The Morgan fingerprint density at radius 2 is 2.00 bits per heavy atom. The van der Waals surface area contributed by atoms with E-state index in [9.17, 15) is 18.0 Å². The first kappa shape index (κ1) is 18.5. The molecule has 1 fully saturated rings. The Hall–Kier alpha value is -1.81. The summed E-state index contributed by atoms with van der Waals surface area (Å²) in [7, 11) is 0. The third-order valence-electron chi connectivity index (χ3n) is 5.01. The van der Waals surface area contributed by atoms with Gasteiger partial charge in [0.2, 0.25) is 0 Å². The molecule has 1 saturated carbocycles. The van der Waals surface area contributed by atoms with Gasteiger partial charge in [-0.15, -0.1) is 11.3 Å². The molecule has 3 heterocycles. The van der Waals surface area contributed by atoms with E-state index in [4.69, 9.17) is 0 Å². The zero-order chi connectivity index (χ0) is 19.0. The predicted molar refractivity (Wildman–Crippen MR) is 99.0 cm³/mol. The molecule has 0 amide bonds. The zero-order valence-electron chi connectivity index (χ0n) is 14.3. The van der Waals surface area contributed by atoms with Crippen LogP contribution >= 0.6 is 22.9 Å². The Kier molecular flexibility index (Phi) is 5.02. The van der Waals surface area contributed by atoms with E-state index in [2.05, 4.69) is 14.3 Å². The molecule has 0 spiro atoms. The number of hydrogen-bond acceptors (Lipinski definition) is 6. The first-order chi connectivity index (χ1) is 12.9. The van der Waals surface area contributed by atoms with Crippen LogP contribution in [0.5, 0.6) is 0 Å². The number of hydrogen-bond donors (Lipinski definition) is 0. The normalized spacial score (nSPS) is 16.3. The average Bonchev–Trinajstić information content (AvgIpc) is 3.31. The van der Waals surface area contributed by atoms with Crippen molar-refractivity contribution in [3.8, 4) is 11.5 Å². The second-order valence-corrected chi connectivity index (χ2v) is 8.24. The van der Waals surface area contributed by atoms with Gasteiger partial charge in [0.1, 0.15) is 11.1 Å². The number of alkyl halides is 3. The minimum atomic E-state index is -4.68. The number of rotatable bonds is 4. The summed E-state index contributed by atoms with van der Waals surface area (Å²) in [5, 5.41) is 1.31. The van der Waals surface area contributed by atoms with Crippen molar-refractivity contribution in [2.24, 2.45) is 5.92 Å². The van der Waals surface area contributed by atoms with E-state index in [1.54, 1.807) is 10.9 Å².